The fraction of sp³-hybridized carbons (Fsp3) is 0.500. The Morgan fingerprint density at radius 1 is 1.43 bits per heavy atom. The van der Waals surface area contributed by atoms with E-state index in [9.17, 15) is 4.79 Å². The third kappa shape index (κ3) is 2.83. The topological polar surface area (TPSA) is 42.0 Å². The van der Waals surface area contributed by atoms with Crippen molar-refractivity contribution in [2.24, 2.45) is 0 Å². The Kier molecular flexibility index (Phi) is 3.40. The van der Waals surface area contributed by atoms with Gasteiger partial charge in [0.25, 0.3) is 5.91 Å². The summed E-state index contributed by atoms with van der Waals surface area (Å²) < 4.78 is 4.20. The van der Waals surface area contributed by atoms with Crippen molar-refractivity contribution >= 4 is 40.6 Å². The molecule has 0 spiro atoms. The van der Waals surface area contributed by atoms with Crippen LogP contribution in [0, 0.1) is 0 Å². The maximum absolute atomic E-state index is 11.6. The molecule has 1 heterocycles. The number of nitrogens with zero attached hydrogens (tertiary/aromatic N) is 1. The van der Waals surface area contributed by atoms with Crippen molar-refractivity contribution in [2.45, 2.75) is 26.3 Å². The molecule has 1 rings (SSSR count). The van der Waals surface area contributed by atoms with Gasteiger partial charge in [-0.1, -0.05) is 23.2 Å². The van der Waals surface area contributed by atoms with Crippen molar-refractivity contribution in [3.05, 3.63) is 15.1 Å². The van der Waals surface area contributed by atoms with E-state index in [0.29, 0.717) is 4.34 Å². The highest BCUT2D eigenvalue weighted by atomic mass is 35.5. The molecule has 1 aromatic rings. The zero-order chi connectivity index (χ0) is 10.9. The largest absolute Gasteiger partial charge is 0.346 e. The highest BCUT2D eigenvalue weighted by Crippen LogP contribution is 2.29. The minimum atomic E-state index is -0.309. The number of hydrogen-bond acceptors (Lipinski definition) is 3. The van der Waals surface area contributed by atoms with Gasteiger partial charge in [0.05, 0.1) is 0 Å². The first-order chi connectivity index (χ1) is 6.31. The van der Waals surface area contributed by atoms with Gasteiger partial charge in [0.15, 0.2) is 5.69 Å². The molecule has 0 atom stereocenters. The van der Waals surface area contributed by atoms with Gasteiger partial charge in [-0.3, -0.25) is 4.79 Å². The molecule has 0 aliphatic rings. The maximum Gasteiger partial charge on any atom is 0.273 e. The third-order valence-corrected chi connectivity index (χ3v) is 2.91. The van der Waals surface area contributed by atoms with Crippen LogP contribution in [-0.2, 0) is 0 Å². The van der Waals surface area contributed by atoms with Crippen LogP contribution in [0.3, 0.4) is 0 Å². The first kappa shape index (κ1) is 11.8. The Labute approximate surface area is 96.6 Å². The second-order valence-electron chi connectivity index (χ2n) is 3.82. The van der Waals surface area contributed by atoms with E-state index in [1.807, 2.05) is 20.8 Å². The number of carbonyl (C=O) groups excluding carboxylic acids is 1. The van der Waals surface area contributed by atoms with E-state index in [1.165, 1.54) is 0 Å². The number of aromatic nitrogens is 1. The number of carbonyl (C=O) groups is 1. The molecule has 0 aromatic carbocycles. The van der Waals surface area contributed by atoms with E-state index in [-0.39, 0.29) is 22.2 Å². The van der Waals surface area contributed by atoms with Gasteiger partial charge in [0.2, 0.25) is 0 Å². The summed E-state index contributed by atoms with van der Waals surface area (Å²) >= 11 is 12.5. The fourth-order valence-electron chi connectivity index (χ4n) is 0.800. The Morgan fingerprint density at radius 2 is 2.00 bits per heavy atom. The lowest BCUT2D eigenvalue weighted by atomic mass is 10.1. The minimum absolute atomic E-state index is 0.191. The predicted molar refractivity (Wildman–Crippen MR) is 59.4 cm³/mol. The zero-order valence-electron chi connectivity index (χ0n) is 8.02. The smallest absolute Gasteiger partial charge is 0.273 e. The Morgan fingerprint density at radius 3 is 2.36 bits per heavy atom. The first-order valence-corrected chi connectivity index (χ1v) is 5.47. The zero-order valence-corrected chi connectivity index (χ0v) is 10.3. The molecule has 14 heavy (non-hydrogen) atoms. The van der Waals surface area contributed by atoms with Crippen molar-refractivity contribution in [2.75, 3.05) is 0 Å². The molecule has 0 fully saturated rings. The molecular formula is C8H10Cl2N2OS. The van der Waals surface area contributed by atoms with Gasteiger partial charge in [-0.2, -0.15) is 4.37 Å². The summed E-state index contributed by atoms with van der Waals surface area (Å²) in [4.78, 5) is 11.6. The van der Waals surface area contributed by atoms with Crippen LogP contribution in [0.4, 0.5) is 0 Å². The maximum atomic E-state index is 11.6. The molecular weight excluding hydrogens is 243 g/mol. The lowest BCUT2D eigenvalue weighted by molar-refractivity contribution is 0.0915. The van der Waals surface area contributed by atoms with Gasteiger partial charge in [0, 0.05) is 5.54 Å². The average Bonchev–Trinajstić information content (AvgIpc) is 2.29. The van der Waals surface area contributed by atoms with Crippen LogP contribution in [0.5, 0.6) is 0 Å². The van der Waals surface area contributed by atoms with E-state index in [4.69, 9.17) is 23.2 Å². The number of rotatable bonds is 1. The summed E-state index contributed by atoms with van der Waals surface area (Å²) in [6, 6.07) is 0. The summed E-state index contributed by atoms with van der Waals surface area (Å²) in [5.74, 6) is -0.300. The average molecular weight is 253 g/mol. The normalized spacial score (nSPS) is 11.5. The quantitative estimate of drug-likeness (QED) is 0.835. The predicted octanol–water partition coefficient (Wildman–Crippen LogP) is 2.98. The van der Waals surface area contributed by atoms with Crippen molar-refractivity contribution in [1.82, 2.24) is 9.69 Å². The Hall–Kier alpha value is -0.320. The van der Waals surface area contributed by atoms with Crippen LogP contribution >= 0.6 is 34.7 Å². The van der Waals surface area contributed by atoms with E-state index in [0.717, 1.165) is 11.5 Å². The second-order valence-corrected chi connectivity index (χ2v) is 5.58. The molecule has 0 aliphatic heterocycles. The minimum Gasteiger partial charge on any atom is -0.346 e. The number of hydrogen-bond donors (Lipinski definition) is 1. The van der Waals surface area contributed by atoms with Crippen molar-refractivity contribution < 1.29 is 4.79 Å². The fourth-order valence-corrected chi connectivity index (χ4v) is 1.80. The molecule has 0 bridgehead atoms. The molecule has 0 radical (unpaired) electrons. The van der Waals surface area contributed by atoms with Crippen LogP contribution in [0.1, 0.15) is 31.3 Å². The summed E-state index contributed by atoms with van der Waals surface area (Å²) in [5.41, 5.74) is -0.118. The van der Waals surface area contributed by atoms with E-state index in [2.05, 4.69) is 9.69 Å². The highest BCUT2D eigenvalue weighted by Gasteiger charge is 2.21. The van der Waals surface area contributed by atoms with Gasteiger partial charge >= 0.3 is 0 Å². The van der Waals surface area contributed by atoms with Crippen molar-refractivity contribution in [3.63, 3.8) is 0 Å². The molecule has 3 nitrogen and oxygen atoms in total. The summed E-state index contributed by atoms with van der Waals surface area (Å²) in [6.07, 6.45) is 0. The molecule has 78 valence electrons. The summed E-state index contributed by atoms with van der Waals surface area (Å²) in [6.45, 7) is 5.65. The lowest BCUT2D eigenvalue weighted by Crippen LogP contribution is -2.40. The van der Waals surface area contributed by atoms with Crippen LogP contribution < -0.4 is 5.32 Å². The second kappa shape index (κ2) is 4.04. The monoisotopic (exact) mass is 252 g/mol. The van der Waals surface area contributed by atoms with Crippen LogP contribution in [0.15, 0.2) is 0 Å². The Bertz CT molecular complexity index is 357. The molecule has 6 heteroatoms. The molecule has 1 N–H and O–H groups in total. The molecule has 0 aliphatic carbocycles. The molecule has 1 aromatic heterocycles. The third-order valence-electron chi connectivity index (χ3n) is 1.30. The van der Waals surface area contributed by atoms with Gasteiger partial charge in [-0.15, -0.1) is 0 Å². The highest BCUT2D eigenvalue weighted by molar-refractivity contribution is 7.11. The van der Waals surface area contributed by atoms with E-state index in [1.54, 1.807) is 0 Å². The molecule has 0 unspecified atom stereocenters. The summed E-state index contributed by atoms with van der Waals surface area (Å²) in [5, 5.41) is 2.97. The number of halogens is 2. The van der Waals surface area contributed by atoms with E-state index < -0.39 is 0 Å². The summed E-state index contributed by atoms with van der Waals surface area (Å²) in [7, 11) is 0. The van der Waals surface area contributed by atoms with E-state index >= 15 is 0 Å². The standard InChI is InChI=1S/C8H10Cl2N2OS/c1-8(2,3)11-7(13)5-4(9)6(10)14-12-5/h1-3H3,(H,11,13). The van der Waals surface area contributed by atoms with Crippen molar-refractivity contribution in [1.29, 1.82) is 0 Å². The first-order valence-electron chi connectivity index (χ1n) is 3.94. The van der Waals surface area contributed by atoms with Gasteiger partial charge in [-0.05, 0) is 32.3 Å². The molecule has 1 amide bonds. The van der Waals surface area contributed by atoms with Crippen molar-refractivity contribution in [3.8, 4) is 0 Å². The van der Waals surface area contributed by atoms with Gasteiger partial charge in [0.1, 0.15) is 9.36 Å². The Balaban J connectivity index is 2.86. The number of amides is 1. The molecule has 0 saturated carbocycles. The SMILES string of the molecule is CC(C)(C)NC(=O)c1nsc(Cl)c1Cl. The van der Waals surface area contributed by atoms with Gasteiger partial charge in [-0.25, -0.2) is 0 Å². The lowest BCUT2D eigenvalue weighted by Gasteiger charge is -2.19. The van der Waals surface area contributed by atoms with Crippen LogP contribution in [0.2, 0.25) is 9.36 Å². The van der Waals surface area contributed by atoms with Crippen LogP contribution in [0.25, 0.3) is 0 Å². The number of nitrogens with one attached hydrogen (secondary N) is 1. The molecule has 0 saturated heterocycles. The van der Waals surface area contributed by atoms with Gasteiger partial charge < -0.3 is 5.32 Å². The van der Waals surface area contributed by atoms with Crippen LogP contribution in [-0.4, -0.2) is 15.8 Å².